The third-order valence-electron chi connectivity index (χ3n) is 2.15. The van der Waals surface area contributed by atoms with Crippen molar-refractivity contribution < 1.29 is 14.3 Å². The highest BCUT2D eigenvalue weighted by Crippen LogP contribution is 2.05. The lowest BCUT2D eigenvalue weighted by molar-refractivity contribution is -0.121. The fourth-order valence-electron chi connectivity index (χ4n) is 1.26. The second kappa shape index (κ2) is 6.23. The number of benzene rings is 1. The Morgan fingerprint density at radius 3 is 2.62 bits per heavy atom. The molecule has 0 unspecified atom stereocenters. The number of carbonyl (C=O) groups is 1. The summed E-state index contributed by atoms with van der Waals surface area (Å²) >= 11 is 0. The van der Waals surface area contributed by atoms with Crippen LogP contribution in [0.1, 0.15) is 18.9 Å². The number of aliphatic hydroxyl groups is 1. The number of halogens is 1. The fourth-order valence-corrected chi connectivity index (χ4v) is 1.26. The molecule has 3 nitrogen and oxygen atoms in total. The Balaban J connectivity index is 2.29. The lowest BCUT2D eigenvalue weighted by Crippen LogP contribution is -2.30. The maximum Gasteiger partial charge on any atom is 0.220 e. The van der Waals surface area contributed by atoms with Crippen LogP contribution in [0.25, 0.3) is 0 Å². The van der Waals surface area contributed by atoms with Crippen LogP contribution in [0.5, 0.6) is 0 Å². The van der Waals surface area contributed by atoms with Gasteiger partial charge in [0.1, 0.15) is 5.82 Å². The molecule has 0 radical (unpaired) electrons. The summed E-state index contributed by atoms with van der Waals surface area (Å²) in [5.74, 6) is -0.382. The van der Waals surface area contributed by atoms with E-state index in [2.05, 4.69) is 5.32 Å². The highest BCUT2D eigenvalue weighted by atomic mass is 19.1. The van der Waals surface area contributed by atoms with Crippen molar-refractivity contribution in [2.24, 2.45) is 0 Å². The lowest BCUT2D eigenvalue weighted by atomic mass is 10.1. The second-order valence-electron chi connectivity index (χ2n) is 3.78. The van der Waals surface area contributed by atoms with E-state index in [1.807, 2.05) is 0 Å². The van der Waals surface area contributed by atoms with Crippen LogP contribution in [0.2, 0.25) is 0 Å². The monoisotopic (exact) mass is 225 g/mol. The maximum atomic E-state index is 12.6. The van der Waals surface area contributed by atoms with Gasteiger partial charge in [-0.25, -0.2) is 4.39 Å². The van der Waals surface area contributed by atoms with Gasteiger partial charge in [-0.15, -0.1) is 0 Å². The van der Waals surface area contributed by atoms with E-state index < -0.39 is 6.10 Å². The summed E-state index contributed by atoms with van der Waals surface area (Å²) in [6.45, 7) is 1.88. The van der Waals surface area contributed by atoms with Gasteiger partial charge in [0.2, 0.25) is 5.91 Å². The highest BCUT2D eigenvalue weighted by Gasteiger charge is 2.03. The minimum atomic E-state index is -0.533. The minimum absolute atomic E-state index is 0.106. The van der Waals surface area contributed by atoms with E-state index >= 15 is 0 Å². The van der Waals surface area contributed by atoms with Crippen LogP contribution >= 0.6 is 0 Å². The van der Waals surface area contributed by atoms with Gasteiger partial charge in [0.05, 0.1) is 6.10 Å². The maximum absolute atomic E-state index is 12.6. The van der Waals surface area contributed by atoms with Gasteiger partial charge in [-0.1, -0.05) is 12.1 Å². The van der Waals surface area contributed by atoms with Crippen LogP contribution in [0.4, 0.5) is 4.39 Å². The van der Waals surface area contributed by atoms with Crippen LogP contribution < -0.4 is 5.32 Å². The Labute approximate surface area is 94.3 Å². The van der Waals surface area contributed by atoms with Crippen LogP contribution in [0, 0.1) is 5.82 Å². The van der Waals surface area contributed by atoms with Crippen molar-refractivity contribution in [3.63, 3.8) is 0 Å². The van der Waals surface area contributed by atoms with Gasteiger partial charge in [0.25, 0.3) is 0 Å². The SMILES string of the molecule is C[C@H](O)CNC(=O)CCc1ccc(F)cc1. The summed E-state index contributed by atoms with van der Waals surface area (Å²) in [7, 11) is 0. The van der Waals surface area contributed by atoms with Crippen molar-refractivity contribution in [2.45, 2.75) is 25.9 Å². The van der Waals surface area contributed by atoms with Crippen LogP contribution in [0.15, 0.2) is 24.3 Å². The van der Waals surface area contributed by atoms with Gasteiger partial charge in [-0.3, -0.25) is 4.79 Å². The molecule has 0 saturated heterocycles. The van der Waals surface area contributed by atoms with Crippen LogP contribution in [-0.2, 0) is 11.2 Å². The molecule has 88 valence electrons. The first-order valence-electron chi connectivity index (χ1n) is 5.27. The average Bonchev–Trinajstić information content (AvgIpc) is 2.25. The van der Waals surface area contributed by atoms with Crippen LogP contribution in [0.3, 0.4) is 0 Å². The number of carbonyl (C=O) groups excluding carboxylic acids is 1. The van der Waals surface area contributed by atoms with Crippen molar-refractivity contribution in [3.05, 3.63) is 35.6 Å². The summed E-state index contributed by atoms with van der Waals surface area (Å²) in [6, 6.07) is 6.08. The summed E-state index contributed by atoms with van der Waals surface area (Å²) in [5, 5.41) is 11.6. The van der Waals surface area contributed by atoms with Crippen molar-refractivity contribution >= 4 is 5.91 Å². The first-order valence-corrected chi connectivity index (χ1v) is 5.27. The van der Waals surface area contributed by atoms with Gasteiger partial charge in [0.15, 0.2) is 0 Å². The molecule has 0 saturated carbocycles. The third kappa shape index (κ3) is 4.89. The molecule has 0 aliphatic rings. The van der Waals surface area contributed by atoms with E-state index in [1.165, 1.54) is 12.1 Å². The Morgan fingerprint density at radius 1 is 1.44 bits per heavy atom. The molecule has 0 heterocycles. The number of nitrogens with one attached hydrogen (secondary N) is 1. The number of hydrogen-bond donors (Lipinski definition) is 2. The molecule has 0 bridgehead atoms. The number of aliphatic hydroxyl groups excluding tert-OH is 1. The molecule has 1 atom stereocenters. The summed E-state index contributed by atoms with van der Waals surface area (Å²) in [5.41, 5.74) is 0.925. The minimum Gasteiger partial charge on any atom is -0.392 e. The molecule has 0 aliphatic heterocycles. The largest absolute Gasteiger partial charge is 0.392 e. The Hall–Kier alpha value is -1.42. The number of hydrogen-bond acceptors (Lipinski definition) is 2. The zero-order valence-corrected chi connectivity index (χ0v) is 9.24. The summed E-state index contributed by atoms with van der Waals surface area (Å²) in [6.07, 6.45) is 0.388. The third-order valence-corrected chi connectivity index (χ3v) is 2.15. The topological polar surface area (TPSA) is 49.3 Å². The first kappa shape index (κ1) is 12.6. The predicted molar refractivity (Wildman–Crippen MR) is 59.4 cm³/mol. The van der Waals surface area contributed by atoms with Crippen molar-refractivity contribution in [3.8, 4) is 0 Å². The Bertz CT molecular complexity index is 335. The molecule has 0 aliphatic carbocycles. The van der Waals surface area contributed by atoms with Gasteiger partial charge in [-0.05, 0) is 31.0 Å². The quantitative estimate of drug-likeness (QED) is 0.792. The molecule has 1 rings (SSSR count). The van der Waals surface area contributed by atoms with Crippen molar-refractivity contribution in [1.82, 2.24) is 5.32 Å². The standard InChI is InChI=1S/C12H16FNO2/c1-9(15)8-14-12(16)7-4-10-2-5-11(13)6-3-10/h2-3,5-6,9,15H,4,7-8H2,1H3,(H,14,16)/t9-/m0/s1. The molecule has 0 fully saturated rings. The van der Waals surface area contributed by atoms with E-state index in [-0.39, 0.29) is 18.3 Å². The molecule has 1 aromatic rings. The zero-order chi connectivity index (χ0) is 12.0. The number of rotatable bonds is 5. The normalized spacial score (nSPS) is 12.2. The molecule has 4 heteroatoms. The molecule has 1 aromatic carbocycles. The second-order valence-corrected chi connectivity index (χ2v) is 3.78. The van der Waals surface area contributed by atoms with E-state index in [9.17, 15) is 9.18 Å². The fraction of sp³-hybridized carbons (Fsp3) is 0.417. The zero-order valence-electron chi connectivity index (χ0n) is 9.24. The smallest absolute Gasteiger partial charge is 0.220 e. The van der Waals surface area contributed by atoms with E-state index in [0.717, 1.165) is 5.56 Å². The predicted octanol–water partition coefficient (Wildman–Crippen LogP) is 1.26. The molecule has 2 N–H and O–H groups in total. The molecule has 16 heavy (non-hydrogen) atoms. The summed E-state index contributed by atoms with van der Waals surface area (Å²) in [4.78, 5) is 11.3. The van der Waals surface area contributed by atoms with E-state index in [4.69, 9.17) is 5.11 Å². The Morgan fingerprint density at radius 2 is 2.06 bits per heavy atom. The van der Waals surface area contributed by atoms with Crippen LogP contribution in [-0.4, -0.2) is 23.7 Å². The van der Waals surface area contributed by atoms with E-state index in [0.29, 0.717) is 12.8 Å². The molecular weight excluding hydrogens is 209 g/mol. The van der Waals surface area contributed by atoms with Gasteiger partial charge in [-0.2, -0.15) is 0 Å². The highest BCUT2D eigenvalue weighted by molar-refractivity contribution is 5.76. The van der Waals surface area contributed by atoms with Crippen molar-refractivity contribution in [2.75, 3.05) is 6.54 Å². The van der Waals surface area contributed by atoms with Gasteiger partial charge >= 0.3 is 0 Å². The molecule has 1 amide bonds. The van der Waals surface area contributed by atoms with Gasteiger partial charge < -0.3 is 10.4 Å². The number of amides is 1. The molecule has 0 aromatic heterocycles. The van der Waals surface area contributed by atoms with E-state index in [1.54, 1.807) is 19.1 Å². The Kier molecular flexibility index (Phi) is 4.92. The summed E-state index contributed by atoms with van der Waals surface area (Å²) < 4.78 is 12.6. The first-order chi connectivity index (χ1) is 7.58. The van der Waals surface area contributed by atoms with Crippen molar-refractivity contribution in [1.29, 1.82) is 0 Å². The number of aryl methyl sites for hydroxylation is 1. The molecular formula is C12H16FNO2. The van der Waals surface area contributed by atoms with Gasteiger partial charge in [0, 0.05) is 13.0 Å². The lowest BCUT2D eigenvalue weighted by Gasteiger charge is -2.06. The molecule has 0 spiro atoms. The average molecular weight is 225 g/mol.